The lowest BCUT2D eigenvalue weighted by atomic mass is 10.1. The first-order valence-corrected chi connectivity index (χ1v) is 7.82. The maximum Gasteiger partial charge on any atom is 0.305 e. The predicted molar refractivity (Wildman–Crippen MR) is 77.6 cm³/mol. The summed E-state index contributed by atoms with van der Waals surface area (Å²) in [6.45, 7) is 7.22. The lowest BCUT2D eigenvalue weighted by Gasteiger charge is -2.06. The first-order chi connectivity index (χ1) is 8.66. The monoisotopic (exact) mass is 256 g/mol. The van der Waals surface area contributed by atoms with Crippen molar-refractivity contribution in [3.63, 3.8) is 0 Å². The molecule has 0 saturated carbocycles. The van der Waals surface area contributed by atoms with E-state index in [4.69, 9.17) is 4.74 Å². The molecule has 0 heterocycles. The van der Waals surface area contributed by atoms with Gasteiger partial charge in [-0.25, -0.2) is 0 Å². The Morgan fingerprint density at radius 1 is 0.944 bits per heavy atom. The fourth-order valence-electron chi connectivity index (χ4n) is 1.97. The van der Waals surface area contributed by atoms with Crippen molar-refractivity contribution in [2.45, 2.75) is 85.0 Å². The molecule has 0 aromatic carbocycles. The smallest absolute Gasteiger partial charge is 0.305 e. The number of rotatable bonds is 12. The molecule has 0 saturated heterocycles. The minimum absolute atomic E-state index is 0.0124. The molecule has 0 aliphatic carbocycles. The van der Waals surface area contributed by atoms with Crippen LogP contribution in [0.15, 0.2) is 0 Å². The van der Waals surface area contributed by atoms with Gasteiger partial charge in [0.25, 0.3) is 0 Å². The van der Waals surface area contributed by atoms with E-state index in [2.05, 4.69) is 20.8 Å². The van der Waals surface area contributed by atoms with Gasteiger partial charge in [0, 0.05) is 6.42 Å². The Kier molecular flexibility index (Phi) is 12.5. The molecule has 0 atom stereocenters. The summed E-state index contributed by atoms with van der Waals surface area (Å²) in [4.78, 5) is 11.4. The molecule has 0 aromatic rings. The van der Waals surface area contributed by atoms with Crippen molar-refractivity contribution in [3.05, 3.63) is 0 Å². The third kappa shape index (κ3) is 13.5. The molecule has 0 rings (SSSR count). The van der Waals surface area contributed by atoms with Crippen molar-refractivity contribution < 1.29 is 9.53 Å². The number of carbonyl (C=O) groups is 1. The second-order valence-corrected chi connectivity index (χ2v) is 5.63. The highest BCUT2D eigenvalue weighted by molar-refractivity contribution is 5.69. The first kappa shape index (κ1) is 17.5. The molecule has 0 spiro atoms. The van der Waals surface area contributed by atoms with Crippen molar-refractivity contribution in [1.82, 2.24) is 0 Å². The van der Waals surface area contributed by atoms with E-state index in [1.54, 1.807) is 0 Å². The zero-order valence-electron chi connectivity index (χ0n) is 12.7. The standard InChI is InChI=1S/C16H32O2/c1-4-5-6-7-8-9-10-14-18-16(17)13-11-12-15(2)3/h15H,4-14H2,1-3H3. The third-order valence-electron chi connectivity index (χ3n) is 3.17. The maximum absolute atomic E-state index is 11.4. The van der Waals surface area contributed by atoms with Crippen LogP contribution in [0.25, 0.3) is 0 Å². The molecule has 0 bridgehead atoms. The van der Waals surface area contributed by atoms with Crippen LogP contribution in [0.2, 0.25) is 0 Å². The Hall–Kier alpha value is -0.530. The molecule has 0 amide bonds. The van der Waals surface area contributed by atoms with Crippen molar-refractivity contribution >= 4 is 5.97 Å². The van der Waals surface area contributed by atoms with E-state index >= 15 is 0 Å². The largest absolute Gasteiger partial charge is 0.466 e. The summed E-state index contributed by atoms with van der Waals surface area (Å²) in [5.74, 6) is 0.669. The van der Waals surface area contributed by atoms with Gasteiger partial charge in [-0.15, -0.1) is 0 Å². The van der Waals surface area contributed by atoms with Crippen LogP contribution in [-0.4, -0.2) is 12.6 Å². The fraction of sp³-hybridized carbons (Fsp3) is 0.938. The van der Waals surface area contributed by atoms with Gasteiger partial charge in [-0.1, -0.05) is 65.7 Å². The van der Waals surface area contributed by atoms with Crippen LogP contribution in [0, 0.1) is 5.92 Å². The Balaban J connectivity index is 3.15. The predicted octanol–water partition coefficient (Wildman–Crippen LogP) is 5.11. The molecule has 2 nitrogen and oxygen atoms in total. The zero-order valence-corrected chi connectivity index (χ0v) is 12.7. The highest BCUT2D eigenvalue weighted by Crippen LogP contribution is 2.08. The van der Waals surface area contributed by atoms with Crippen molar-refractivity contribution in [2.24, 2.45) is 5.92 Å². The van der Waals surface area contributed by atoms with Gasteiger partial charge in [0.05, 0.1) is 6.61 Å². The van der Waals surface area contributed by atoms with E-state index < -0.39 is 0 Å². The highest BCUT2D eigenvalue weighted by Gasteiger charge is 2.03. The molecular formula is C16H32O2. The number of esters is 1. The molecule has 0 aromatic heterocycles. The average molecular weight is 256 g/mol. The molecule has 0 fully saturated rings. The fourth-order valence-corrected chi connectivity index (χ4v) is 1.97. The van der Waals surface area contributed by atoms with Gasteiger partial charge in [-0.05, 0) is 18.8 Å². The number of hydrogen-bond donors (Lipinski definition) is 0. The average Bonchev–Trinajstić information content (AvgIpc) is 2.32. The van der Waals surface area contributed by atoms with Crippen LogP contribution in [0.1, 0.15) is 85.0 Å². The van der Waals surface area contributed by atoms with Gasteiger partial charge < -0.3 is 4.74 Å². The third-order valence-corrected chi connectivity index (χ3v) is 3.17. The van der Waals surface area contributed by atoms with Crippen LogP contribution in [-0.2, 0) is 9.53 Å². The van der Waals surface area contributed by atoms with Gasteiger partial charge in [0.1, 0.15) is 0 Å². The van der Waals surface area contributed by atoms with Gasteiger partial charge >= 0.3 is 5.97 Å². The topological polar surface area (TPSA) is 26.3 Å². The van der Waals surface area contributed by atoms with Gasteiger partial charge in [-0.2, -0.15) is 0 Å². The van der Waals surface area contributed by atoms with E-state index in [1.807, 2.05) is 0 Å². The second-order valence-electron chi connectivity index (χ2n) is 5.63. The Bertz CT molecular complexity index is 188. The summed E-state index contributed by atoms with van der Waals surface area (Å²) in [5.41, 5.74) is 0. The molecular weight excluding hydrogens is 224 g/mol. The normalized spacial score (nSPS) is 10.9. The summed E-state index contributed by atoms with van der Waals surface area (Å²) < 4.78 is 5.21. The van der Waals surface area contributed by atoms with E-state index in [-0.39, 0.29) is 5.97 Å². The summed E-state index contributed by atoms with van der Waals surface area (Å²) in [5, 5.41) is 0. The SMILES string of the molecule is CCCCCCCCCOC(=O)CCCC(C)C. The zero-order chi connectivity index (χ0) is 13.6. The maximum atomic E-state index is 11.4. The molecule has 0 aliphatic heterocycles. The summed E-state index contributed by atoms with van der Waals surface area (Å²) >= 11 is 0. The lowest BCUT2D eigenvalue weighted by Crippen LogP contribution is -2.06. The summed E-state index contributed by atoms with van der Waals surface area (Å²) in [6.07, 6.45) is 11.5. The van der Waals surface area contributed by atoms with E-state index in [0.717, 1.165) is 19.3 Å². The summed E-state index contributed by atoms with van der Waals surface area (Å²) in [6, 6.07) is 0. The van der Waals surface area contributed by atoms with Gasteiger partial charge in [-0.3, -0.25) is 4.79 Å². The minimum atomic E-state index is -0.0124. The molecule has 18 heavy (non-hydrogen) atoms. The van der Waals surface area contributed by atoms with Crippen LogP contribution < -0.4 is 0 Å². The van der Waals surface area contributed by atoms with Gasteiger partial charge in [0.15, 0.2) is 0 Å². The van der Waals surface area contributed by atoms with Crippen LogP contribution in [0.5, 0.6) is 0 Å². The minimum Gasteiger partial charge on any atom is -0.466 e. The number of hydrogen-bond acceptors (Lipinski definition) is 2. The van der Waals surface area contributed by atoms with E-state index in [9.17, 15) is 4.79 Å². The molecule has 0 N–H and O–H groups in total. The molecule has 108 valence electrons. The van der Waals surface area contributed by atoms with E-state index in [1.165, 1.54) is 38.5 Å². The number of unbranched alkanes of at least 4 members (excludes halogenated alkanes) is 6. The first-order valence-electron chi connectivity index (χ1n) is 7.82. The van der Waals surface area contributed by atoms with Crippen LogP contribution in [0.4, 0.5) is 0 Å². The molecule has 2 heteroatoms. The summed E-state index contributed by atoms with van der Waals surface area (Å²) in [7, 11) is 0. The van der Waals surface area contributed by atoms with Crippen molar-refractivity contribution in [3.8, 4) is 0 Å². The van der Waals surface area contributed by atoms with Crippen molar-refractivity contribution in [1.29, 1.82) is 0 Å². The van der Waals surface area contributed by atoms with Crippen LogP contribution >= 0.6 is 0 Å². The quantitative estimate of drug-likeness (QED) is 0.358. The number of ether oxygens (including phenoxy) is 1. The van der Waals surface area contributed by atoms with Gasteiger partial charge in [0.2, 0.25) is 0 Å². The molecule has 0 radical (unpaired) electrons. The molecule has 0 unspecified atom stereocenters. The Morgan fingerprint density at radius 2 is 1.56 bits per heavy atom. The lowest BCUT2D eigenvalue weighted by molar-refractivity contribution is -0.143. The molecule has 0 aliphatic rings. The Labute approximate surface area is 113 Å². The van der Waals surface area contributed by atoms with Crippen LogP contribution in [0.3, 0.4) is 0 Å². The van der Waals surface area contributed by atoms with E-state index in [0.29, 0.717) is 18.9 Å². The number of carbonyl (C=O) groups excluding carboxylic acids is 1. The Morgan fingerprint density at radius 3 is 2.17 bits per heavy atom. The second kappa shape index (κ2) is 12.9. The van der Waals surface area contributed by atoms with Crippen molar-refractivity contribution in [2.75, 3.05) is 6.61 Å². The highest BCUT2D eigenvalue weighted by atomic mass is 16.5.